The molecule has 14 heavy (non-hydrogen) atoms. The molecule has 0 bridgehead atoms. The first-order valence-corrected chi connectivity index (χ1v) is 4.81. The summed E-state index contributed by atoms with van der Waals surface area (Å²) in [5.74, 6) is 0. The first-order valence-electron chi connectivity index (χ1n) is 4.81. The molecular weight excluding hydrogens is 176 g/mol. The first-order chi connectivity index (χ1) is 6.76. The summed E-state index contributed by atoms with van der Waals surface area (Å²) in [5.41, 5.74) is 0.632. The third-order valence-electron chi connectivity index (χ3n) is 1.69. The monoisotopic (exact) mass is 194 g/mol. The molecule has 0 aromatic carbocycles. The molecule has 0 spiro atoms. The molecule has 0 aromatic rings. The molecule has 0 atom stereocenters. The van der Waals surface area contributed by atoms with E-state index in [1.807, 2.05) is 13.0 Å². The molecule has 0 rings (SSSR count). The van der Waals surface area contributed by atoms with Gasteiger partial charge in [0.2, 0.25) is 6.41 Å². The van der Waals surface area contributed by atoms with E-state index in [-0.39, 0.29) is 0 Å². The Bertz CT molecular complexity index is 231. The van der Waals surface area contributed by atoms with E-state index in [0.29, 0.717) is 18.8 Å². The molecule has 0 fully saturated rings. The molecule has 1 amide bonds. The zero-order valence-corrected chi connectivity index (χ0v) is 8.94. The lowest BCUT2D eigenvalue weighted by atomic mass is 10.4. The molecule has 3 nitrogen and oxygen atoms in total. The highest BCUT2D eigenvalue weighted by atomic mass is 16.1. The van der Waals surface area contributed by atoms with E-state index in [1.54, 1.807) is 6.21 Å². The first kappa shape index (κ1) is 12.6. The van der Waals surface area contributed by atoms with Crippen LogP contribution < -0.4 is 0 Å². The van der Waals surface area contributed by atoms with E-state index in [0.717, 1.165) is 12.8 Å². The lowest BCUT2D eigenvalue weighted by Crippen LogP contribution is -2.20. The van der Waals surface area contributed by atoms with Crippen molar-refractivity contribution in [1.82, 2.24) is 4.90 Å². The Hall–Kier alpha value is -1.38. The molecule has 78 valence electrons. The number of nitrogens with zero attached hydrogens (tertiary/aromatic N) is 2. The van der Waals surface area contributed by atoms with Crippen molar-refractivity contribution in [3.8, 4) is 0 Å². The van der Waals surface area contributed by atoms with Crippen LogP contribution in [-0.2, 0) is 4.79 Å². The average molecular weight is 194 g/mol. The minimum atomic E-state index is 0.624. The Morgan fingerprint density at radius 3 is 2.64 bits per heavy atom. The molecule has 0 saturated heterocycles. The third kappa shape index (κ3) is 5.30. The summed E-state index contributed by atoms with van der Waals surface area (Å²) in [6.45, 7) is 8.97. The maximum absolute atomic E-state index is 10.5. The molecule has 0 aromatic heterocycles. The fourth-order valence-corrected chi connectivity index (χ4v) is 0.880. The normalized spacial score (nSPS) is 11.0. The second kappa shape index (κ2) is 8.23. The lowest BCUT2D eigenvalue weighted by Gasteiger charge is -2.13. The van der Waals surface area contributed by atoms with E-state index < -0.39 is 0 Å². The van der Waals surface area contributed by atoms with Crippen molar-refractivity contribution in [3.63, 3.8) is 0 Å². The van der Waals surface area contributed by atoms with Crippen LogP contribution in [0.15, 0.2) is 29.4 Å². The Kier molecular flexibility index (Phi) is 7.42. The van der Waals surface area contributed by atoms with E-state index in [4.69, 9.17) is 0 Å². The number of carbonyl (C=O) groups excluding carboxylic acids is 1. The fraction of sp³-hybridized carbons (Fsp3) is 0.455. The highest BCUT2D eigenvalue weighted by Gasteiger charge is 1.98. The van der Waals surface area contributed by atoms with Crippen molar-refractivity contribution in [1.29, 1.82) is 0 Å². The highest BCUT2D eigenvalue weighted by Crippen LogP contribution is 1.94. The van der Waals surface area contributed by atoms with Gasteiger partial charge in [0, 0.05) is 12.8 Å². The van der Waals surface area contributed by atoms with Crippen molar-refractivity contribution in [2.75, 3.05) is 13.1 Å². The molecule has 0 aliphatic carbocycles. The van der Waals surface area contributed by atoms with Gasteiger partial charge in [-0.1, -0.05) is 25.7 Å². The van der Waals surface area contributed by atoms with Crippen LogP contribution >= 0.6 is 0 Å². The quantitative estimate of drug-likeness (QED) is 0.346. The zero-order valence-electron chi connectivity index (χ0n) is 8.94. The van der Waals surface area contributed by atoms with Crippen LogP contribution in [0.4, 0.5) is 0 Å². The predicted molar refractivity (Wildman–Crippen MR) is 60.4 cm³/mol. The van der Waals surface area contributed by atoms with Crippen LogP contribution in [0, 0.1) is 0 Å². The summed E-state index contributed by atoms with van der Waals surface area (Å²) < 4.78 is 0. The second-order valence-corrected chi connectivity index (χ2v) is 2.76. The SMILES string of the molecule is C=C(/C=N\CC=CCC)N(C=O)CC. The average Bonchev–Trinajstić information content (AvgIpc) is 2.19. The Morgan fingerprint density at radius 2 is 2.14 bits per heavy atom. The van der Waals surface area contributed by atoms with Crippen molar-refractivity contribution in [2.45, 2.75) is 20.3 Å². The summed E-state index contributed by atoms with van der Waals surface area (Å²) >= 11 is 0. The Labute approximate surface area is 85.8 Å². The smallest absolute Gasteiger partial charge is 0.214 e. The molecule has 0 heterocycles. The molecule has 0 unspecified atom stereocenters. The van der Waals surface area contributed by atoms with Gasteiger partial charge in [-0.2, -0.15) is 0 Å². The topological polar surface area (TPSA) is 32.7 Å². The van der Waals surface area contributed by atoms with Crippen molar-refractivity contribution in [3.05, 3.63) is 24.4 Å². The summed E-state index contributed by atoms with van der Waals surface area (Å²) in [7, 11) is 0. The summed E-state index contributed by atoms with van der Waals surface area (Å²) in [6.07, 6.45) is 7.44. The molecular formula is C11H18N2O. The van der Waals surface area contributed by atoms with Crippen LogP contribution in [0.3, 0.4) is 0 Å². The molecule has 0 aliphatic rings. The van der Waals surface area contributed by atoms with Crippen LogP contribution in [0.25, 0.3) is 0 Å². The van der Waals surface area contributed by atoms with Gasteiger partial charge in [-0.3, -0.25) is 9.79 Å². The van der Waals surface area contributed by atoms with Crippen molar-refractivity contribution >= 4 is 12.6 Å². The van der Waals surface area contributed by atoms with Gasteiger partial charge in [0.15, 0.2) is 0 Å². The van der Waals surface area contributed by atoms with Crippen LogP contribution in [0.2, 0.25) is 0 Å². The van der Waals surface area contributed by atoms with Crippen molar-refractivity contribution in [2.24, 2.45) is 4.99 Å². The summed E-state index contributed by atoms with van der Waals surface area (Å²) in [5, 5.41) is 0. The molecule has 0 aliphatic heterocycles. The number of aliphatic imine (C=N–C) groups is 1. The Morgan fingerprint density at radius 1 is 1.43 bits per heavy atom. The summed E-state index contributed by atoms with van der Waals surface area (Å²) in [6, 6.07) is 0. The number of rotatable bonds is 7. The summed E-state index contributed by atoms with van der Waals surface area (Å²) in [4.78, 5) is 16.1. The largest absolute Gasteiger partial charge is 0.314 e. The standard InChI is InChI=1S/C11H18N2O/c1-4-6-7-8-12-9-11(3)13(5-2)10-14/h6-7,9-10H,3-5,8H2,1-2H3/b7-6?,12-9-. The van der Waals surface area contributed by atoms with Gasteiger partial charge < -0.3 is 4.90 Å². The van der Waals surface area contributed by atoms with Gasteiger partial charge in [-0.15, -0.1) is 0 Å². The maximum atomic E-state index is 10.5. The molecule has 3 heteroatoms. The van der Waals surface area contributed by atoms with Gasteiger partial charge in [-0.05, 0) is 13.3 Å². The fourth-order valence-electron chi connectivity index (χ4n) is 0.880. The van der Waals surface area contributed by atoms with E-state index >= 15 is 0 Å². The van der Waals surface area contributed by atoms with Crippen LogP contribution in [0.5, 0.6) is 0 Å². The second-order valence-electron chi connectivity index (χ2n) is 2.76. The maximum Gasteiger partial charge on any atom is 0.214 e. The molecule has 0 radical (unpaired) electrons. The zero-order chi connectivity index (χ0) is 10.8. The number of amides is 1. The van der Waals surface area contributed by atoms with E-state index in [2.05, 4.69) is 24.6 Å². The van der Waals surface area contributed by atoms with Crippen molar-refractivity contribution < 1.29 is 4.79 Å². The minimum absolute atomic E-state index is 0.624. The lowest BCUT2D eigenvalue weighted by molar-refractivity contribution is -0.116. The number of hydrogen-bond donors (Lipinski definition) is 0. The molecule has 0 saturated carbocycles. The highest BCUT2D eigenvalue weighted by molar-refractivity contribution is 5.80. The van der Waals surface area contributed by atoms with Gasteiger partial charge in [0.25, 0.3) is 0 Å². The van der Waals surface area contributed by atoms with E-state index in [9.17, 15) is 4.79 Å². The van der Waals surface area contributed by atoms with Crippen LogP contribution in [-0.4, -0.2) is 30.6 Å². The Balaban J connectivity index is 3.91. The number of allylic oxidation sites excluding steroid dienone is 2. The molecule has 0 N–H and O–H groups in total. The van der Waals surface area contributed by atoms with Gasteiger partial charge in [0.05, 0.1) is 12.2 Å². The number of hydrogen-bond acceptors (Lipinski definition) is 2. The predicted octanol–water partition coefficient (Wildman–Crippen LogP) is 2.02. The minimum Gasteiger partial charge on any atom is -0.314 e. The number of carbonyl (C=O) groups is 1. The van der Waals surface area contributed by atoms with Gasteiger partial charge in [0.1, 0.15) is 0 Å². The van der Waals surface area contributed by atoms with Gasteiger partial charge in [-0.25, -0.2) is 0 Å². The van der Waals surface area contributed by atoms with Gasteiger partial charge >= 0.3 is 0 Å². The third-order valence-corrected chi connectivity index (χ3v) is 1.69. The van der Waals surface area contributed by atoms with Crippen LogP contribution in [0.1, 0.15) is 20.3 Å². The van der Waals surface area contributed by atoms with E-state index in [1.165, 1.54) is 4.90 Å².